The molecular weight excluding hydrogens is 409 g/mol. The quantitative estimate of drug-likeness (QED) is 0.691. The summed E-state index contributed by atoms with van der Waals surface area (Å²) in [5.41, 5.74) is 0.641. The van der Waals surface area contributed by atoms with Crippen molar-refractivity contribution in [3.63, 3.8) is 0 Å². The second kappa shape index (κ2) is 8.98. The van der Waals surface area contributed by atoms with Crippen LogP contribution in [-0.2, 0) is 6.54 Å². The highest BCUT2D eigenvalue weighted by Crippen LogP contribution is 2.32. The number of hydrogen-bond donors (Lipinski definition) is 2. The predicted octanol–water partition coefficient (Wildman–Crippen LogP) is 3.61. The van der Waals surface area contributed by atoms with Gasteiger partial charge in [-0.15, -0.1) is 13.2 Å². The molecule has 1 aromatic carbocycles. The number of nitrogens with zero attached hydrogens (tertiary/aromatic N) is 4. The third kappa shape index (κ3) is 5.35. The minimum absolute atomic E-state index is 0.0389. The maximum Gasteiger partial charge on any atom is 0.573 e. The van der Waals surface area contributed by atoms with Crippen molar-refractivity contribution in [3.8, 4) is 11.8 Å². The number of ether oxygens (including phenoxy) is 1. The van der Waals surface area contributed by atoms with E-state index < -0.39 is 6.36 Å². The fourth-order valence-corrected chi connectivity index (χ4v) is 4.28. The zero-order chi connectivity index (χ0) is 21.8. The minimum atomic E-state index is -4.77. The van der Waals surface area contributed by atoms with Crippen molar-refractivity contribution < 1.29 is 17.9 Å². The van der Waals surface area contributed by atoms with Gasteiger partial charge in [-0.05, 0) is 43.8 Å². The lowest BCUT2D eigenvalue weighted by molar-refractivity contribution is -0.274. The molecule has 1 atom stereocenters. The second-order valence-electron chi connectivity index (χ2n) is 7.86. The number of rotatable bonds is 7. The number of anilines is 2. The largest absolute Gasteiger partial charge is 0.573 e. The van der Waals surface area contributed by atoms with E-state index in [1.165, 1.54) is 37.2 Å². The Morgan fingerprint density at radius 3 is 2.65 bits per heavy atom. The molecule has 2 N–H and O–H groups in total. The lowest BCUT2D eigenvalue weighted by Gasteiger charge is -2.44. The molecule has 3 aliphatic heterocycles. The van der Waals surface area contributed by atoms with Crippen LogP contribution in [0, 0.1) is 23.2 Å². The SMILES string of the molecule is N#Cc1cnc(NCc2ccccc2OC(F)(F)F)nc1NCC1CN2CCC1CC2. The molecule has 164 valence electrons. The van der Waals surface area contributed by atoms with Crippen LogP contribution in [0.1, 0.15) is 24.0 Å². The van der Waals surface area contributed by atoms with Crippen molar-refractivity contribution in [3.05, 3.63) is 41.6 Å². The normalized spacial score (nSPS) is 22.6. The number of piperidine rings is 3. The van der Waals surface area contributed by atoms with Gasteiger partial charge in [0.15, 0.2) is 0 Å². The van der Waals surface area contributed by atoms with E-state index in [1.807, 2.05) is 0 Å². The van der Waals surface area contributed by atoms with E-state index in [0.29, 0.717) is 35.3 Å². The topological polar surface area (TPSA) is 86.1 Å². The first-order chi connectivity index (χ1) is 14.9. The summed E-state index contributed by atoms with van der Waals surface area (Å²) in [5, 5.41) is 15.6. The van der Waals surface area contributed by atoms with Crippen molar-refractivity contribution in [1.82, 2.24) is 14.9 Å². The zero-order valence-electron chi connectivity index (χ0n) is 16.8. The fraction of sp³-hybridized carbons (Fsp3) is 0.476. The molecule has 4 heterocycles. The van der Waals surface area contributed by atoms with Gasteiger partial charge in [0.1, 0.15) is 23.2 Å². The van der Waals surface area contributed by atoms with Crippen LogP contribution < -0.4 is 15.4 Å². The van der Waals surface area contributed by atoms with Crippen LogP contribution in [0.15, 0.2) is 30.5 Å². The molecular formula is C21H23F3N6O. The zero-order valence-corrected chi connectivity index (χ0v) is 16.8. The smallest absolute Gasteiger partial charge is 0.405 e. The molecule has 1 unspecified atom stereocenters. The first kappa shape index (κ1) is 21.2. The van der Waals surface area contributed by atoms with E-state index in [0.717, 1.165) is 19.6 Å². The molecule has 3 fully saturated rings. The van der Waals surface area contributed by atoms with E-state index in [1.54, 1.807) is 6.07 Å². The Bertz CT molecular complexity index is 953. The van der Waals surface area contributed by atoms with Gasteiger partial charge in [-0.1, -0.05) is 18.2 Å². The van der Waals surface area contributed by atoms with Crippen molar-refractivity contribution in [2.45, 2.75) is 25.7 Å². The molecule has 0 spiro atoms. The summed E-state index contributed by atoms with van der Waals surface area (Å²) in [7, 11) is 0. The number of nitrogens with one attached hydrogen (secondary N) is 2. The number of benzene rings is 1. The molecule has 5 rings (SSSR count). The number of halogens is 3. The summed E-state index contributed by atoms with van der Waals surface area (Å²) in [6, 6.07) is 7.97. The average molecular weight is 432 g/mol. The van der Waals surface area contributed by atoms with E-state index in [4.69, 9.17) is 0 Å². The number of alkyl halides is 3. The van der Waals surface area contributed by atoms with Crippen LogP contribution in [0.5, 0.6) is 5.75 Å². The maximum absolute atomic E-state index is 12.6. The standard InChI is InChI=1S/C21H23F3N6O/c22-21(23,24)31-18-4-2-1-3-15(18)10-27-20-28-11-16(9-25)19(29-20)26-12-17-13-30-7-5-14(17)6-8-30/h1-4,11,14,17H,5-8,10,12-13H2,(H2,26,27,28,29). The molecule has 2 aromatic rings. The van der Waals surface area contributed by atoms with Crippen molar-refractivity contribution in [2.75, 3.05) is 36.8 Å². The van der Waals surface area contributed by atoms with Crippen LogP contribution in [0.3, 0.4) is 0 Å². The molecule has 31 heavy (non-hydrogen) atoms. The minimum Gasteiger partial charge on any atom is -0.405 e. The van der Waals surface area contributed by atoms with Gasteiger partial charge in [0.25, 0.3) is 0 Å². The van der Waals surface area contributed by atoms with Gasteiger partial charge in [0.2, 0.25) is 5.95 Å². The van der Waals surface area contributed by atoms with Gasteiger partial charge >= 0.3 is 6.36 Å². The van der Waals surface area contributed by atoms with Crippen LogP contribution in [0.2, 0.25) is 0 Å². The molecule has 1 aromatic heterocycles. The lowest BCUT2D eigenvalue weighted by atomic mass is 9.79. The molecule has 0 aliphatic carbocycles. The summed E-state index contributed by atoms with van der Waals surface area (Å²) in [6.45, 7) is 4.12. The highest BCUT2D eigenvalue weighted by atomic mass is 19.4. The Morgan fingerprint density at radius 1 is 1.19 bits per heavy atom. The highest BCUT2D eigenvalue weighted by molar-refractivity contribution is 5.53. The van der Waals surface area contributed by atoms with Crippen LogP contribution in [0.4, 0.5) is 24.9 Å². The Kier molecular flexibility index (Phi) is 6.13. The maximum atomic E-state index is 12.6. The highest BCUT2D eigenvalue weighted by Gasteiger charge is 2.34. The molecule has 3 saturated heterocycles. The number of hydrogen-bond acceptors (Lipinski definition) is 7. The fourth-order valence-electron chi connectivity index (χ4n) is 4.28. The molecule has 2 bridgehead atoms. The van der Waals surface area contributed by atoms with Gasteiger partial charge in [-0.3, -0.25) is 0 Å². The molecule has 7 nitrogen and oxygen atoms in total. The van der Waals surface area contributed by atoms with Crippen LogP contribution in [0.25, 0.3) is 0 Å². The van der Waals surface area contributed by atoms with Gasteiger partial charge in [0.05, 0.1) is 6.20 Å². The molecule has 10 heteroatoms. The monoisotopic (exact) mass is 432 g/mol. The molecule has 3 aliphatic rings. The third-order valence-corrected chi connectivity index (χ3v) is 5.87. The molecule has 0 saturated carbocycles. The van der Waals surface area contributed by atoms with E-state index in [-0.39, 0.29) is 18.2 Å². The summed E-state index contributed by atoms with van der Waals surface area (Å²) in [4.78, 5) is 10.9. The first-order valence-corrected chi connectivity index (χ1v) is 10.2. The first-order valence-electron chi connectivity index (χ1n) is 10.2. The number of aromatic nitrogens is 2. The Morgan fingerprint density at radius 2 is 1.97 bits per heavy atom. The molecule has 0 amide bonds. The number of fused-ring (bicyclic) bond motifs is 3. The Hall–Kier alpha value is -3.06. The van der Waals surface area contributed by atoms with Crippen molar-refractivity contribution in [2.24, 2.45) is 11.8 Å². The Labute approximate surface area is 178 Å². The number of para-hydroxylation sites is 1. The van der Waals surface area contributed by atoms with Gasteiger partial charge < -0.3 is 20.3 Å². The molecule has 0 radical (unpaired) electrons. The van der Waals surface area contributed by atoms with Gasteiger partial charge in [-0.2, -0.15) is 10.2 Å². The summed E-state index contributed by atoms with van der Waals surface area (Å²) < 4.78 is 41.9. The Balaban J connectivity index is 1.42. The number of nitriles is 1. The van der Waals surface area contributed by atoms with Crippen LogP contribution >= 0.6 is 0 Å². The van der Waals surface area contributed by atoms with Crippen molar-refractivity contribution >= 4 is 11.8 Å². The van der Waals surface area contributed by atoms with E-state index in [2.05, 4.69) is 36.3 Å². The average Bonchev–Trinajstić information content (AvgIpc) is 2.77. The van der Waals surface area contributed by atoms with E-state index >= 15 is 0 Å². The van der Waals surface area contributed by atoms with Crippen molar-refractivity contribution in [1.29, 1.82) is 5.26 Å². The predicted molar refractivity (Wildman–Crippen MR) is 108 cm³/mol. The summed E-state index contributed by atoms with van der Waals surface area (Å²) >= 11 is 0. The van der Waals surface area contributed by atoms with Gasteiger partial charge in [-0.25, -0.2) is 4.98 Å². The third-order valence-electron chi connectivity index (χ3n) is 5.87. The summed E-state index contributed by atoms with van der Waals surface area (Å²) in [5.74, 6) is 1.56. The lowest BCUT2D eigenvalue weighted by Crippen LogP contribution is -2.49. The summed E-state index contributed by atoms with van der Waals surface area (Å²) in [6.07, 6.45) is -0.958. The second-order valence-corrected chi connectivity index (χ2v) is 7.86. The van der Waals surface area contributed by atoms with Gasteiger partial charge in [0, 0.05) is 25.2 Å². The van der Waals surface area contributed by atoms with E-state index in [9.17, 15) is 18.4 Å². The van der Waals surface area contributed by atoms with Crippen LogP contribution in [-0.4, -0.2) is 47.4 Å².